The molecule has 0 aliphatic heterocycles. The minimum Gasteiger partial charge on any atom is -0.353 e. The van der Waals surface area contributed by atoms with E-state index >= 15 is 0 Å². The van der Waals surface area contributed by atoms with Crippen LogP contribution in [0.15, 0.2) is 5.38 Å². The molecule has 4 nitrogen and oxygen atoms in total. The van der Waals surface area contributed by atoms with Gasteiger partial charge in [0.25, 0.3) is 0 Å². The van der Waals surface area contributed by atoms with Crippen molar-refractivity contribution in [3.8, 4) is 0 Å². The molecule has 1 aliphatic rings. The maximum Gasteiger partial charge on any atom is 0.220 e. The molecule has 1 aromatic heterocycles. The molecule has 1 saturated carbocycles. The number of carbonyl (C=O) groups is 1. The number of thiazole rings is 1. The van der Waals surface area contributed by atoms with Crippen molar-refractivity contribution in [2.45, 2.75) is 64.5 Å². The monoisotopic (exact) mass is 295 g/mol. The normalized spacial score (nSPS) is 15.3. The van der Waals surface area contributed by atoms with Gasteiger partial charge in [-0.2, -0.15) is 0 Å². The van der Waals surface area contributed by atoms with Crippen LogP contribution >= 0.6 is 11.3 Å². The summed E-state index contributed by atoms with van der Waals surface area (Å²) < 4.78 is 0. The fourth-order valence-corrected chi connectivity index (χ4v) is 2.76. The van der Waals surface area contributed by atoms with E-state index in [1.54, 1.807) is 11.3 Å². The molecule has 0 unspecified atom stereocenters. The second-order valence-corrected chi connectivity index (χ2v) is 7.37. The second-order valence-electron chi connectivity index (χ2n) is 6.52. The first-order chi connectivity index (χ1) is 9.45. The van der Waals surface area contributed by atoms with Crippen molar-refractivity contribution in [1.29, 1.82) is 0 Å². The van der Waals surface area contributed by atoms with Crippen LogP contribution in [0.4, 0.5) is 0 Å². The lowest BCUT2D eigenvalue weighted by Gasteiger charge is -2.13. The smallest absolute Gasteiger partial charge is 0.220 e. The van der Waals surface area contributed by atoms with Gasteiger partial charge in [0.15, 0.2) is 0 Å². The molecule has 2 N–H and O–H groups in total. The lowest BCUT2D eigenvalue weighted by Crippen LogP contribution is -2.26. The van der Waals surface area contributed by atoms with E-state index in [-0.39, 0.29) is 11.3 Å². The zero-order chi connectivity index (χ0) is 14.6. The van der Waals surface area contributed by atoms with Crippen LogP contribution in [0, 0.1) is 0 Å². The third-order valence-corrected chi connectivity index (χ3v) is 4.52. The molecule has 0 saturated heterocycles. The molecule has 5 heteroatoms. The molecular formula is C15H25N3OS. The van der Waals surface area contributed by atoms with Crippen LogP contribution in [0.1, 0.15) is 57.2 Å². The van der Waals surface area contributed by atoms with Gasteiger partial charge in [-0.25, -0.2) is 4.98 Å². The Hall–Kier alpha value is -0.940. The van der Waals surface area contributed by atoms with Crippen LogP contribution in [0.25, 0.3) is 0 Å². The Kier molecular flexibility index (Phi) is 5.16. The van der Waals surface area contributed by atoms with Crippen molar-refractivity contribution < 1.29 is 4.79 Å². The average molecular weight is 295 g/mol. The predicted molar refractivity (Wildman–Crippen MR) is 82.9 cm³/mol. The molecular weight excluding hydrogens is 270 g/mol. The van der Waals surface area contributed by atoms with Crippen LogP contribution in [0.2, 0.25) is 0 Å². The largest absolute Gasteiger partial charge is 0.353 e. The van der Waals surface area contributed by atoms with Gasteiger partial charge in [-0.05, 0) is 25.8 Å². The first kappa shape index (κ1) is 15.4. The summed E-state index contributed by atoms with van der Waals surface area (Å²) >= 11 is 1.72. The van der Waals surface area contributed by atoms with E-state index in [0.717, 1.165) is 38.0 Å². The fraction of sp³-hybridized carbons (Fsp3) is 0.733. The number of hydrogen-bond acceptors (Lipinski definition) is 4. The molecule has 1 aliphatic carbocycles. The van der Waals surface area contributed by atoms with Gasteiger partial charge in [0, 0.05) is 29.8 Å². The molecule has 0 bridgehead atoms. The summed E-state index contributed by atoms with van der Waals surface area (Å²) in [7, 11) is 0. The van der Waals surface area contributed by atoms with E-state index in [9.17, 15) is 4.79 Å². The number of aromatic nitrogens is 1. The van der Waals surface area contributed by atoms with Crippen molar-refractivity contribution in [2.24, 2.45) is 0 Å². The zero-order valence-electron chi connectivity index (χ0n) is 12.7. The minimum absolute atomic E-state index is 0.129. The zero-order valence-corrected chi connectivity index (χ0v) is 13.5. The van der Waals surface area contributed by atoms with Crippen LogP contribution in [0.5, 0.6) is 0 Å². The van der Waals surface area contributed by atoms with E-state index < -0.39 is 0 Å². The average Bonchev–Trinajstić information content (AvgIpc) is 3.02. The SMILES string of the molecule is CC(C)(C)c1nc(CNCCCC(=O)NC2CC2)cs1. The van der Waals surface area contributed by atoms with Crippen LogP contribution in [-0.4, -0.2) is 23.5 Å². The summed E-state index contributed by atoms with van der Waals surface area (Å²) in [6, 6.07) is 0.473. The molecule has 2 rings (SSSR count). The number of hydrogen-bond donors (Lipinski definition) is 2. The Morgan fingerprint density at radius 3 is 2.80 bits per heavy atom. The highest BCUT2D eigenvalue weighted by Gasteiger charge is 2.22. The number of carbonyl (C=O) groups excluding carboxylic acids is 1. The highest BCUT2D eigenvalue weighted by atomic mass is 32.1. The Morgan fingerprint density at radius 2 is 2.20 bits per heavy atom. The van der Waals surface area contributed by atoms with Crippen molar-refractivity contribution in [2.75, 3.05) is 6.54 Å². The molecule has 1 amide bonds. The maximum atomic E-state index is 11.5. The van der Waals surface area contributed by atoms with E-state index in [0.29, 0.717) is 12.5 Å². The van der Waals surface area contributed by atoms with Gasteiger partial charge in [-0.3, -0.25) is 4.79 Å². The molecule has 20 heavy (non-hydrogen) atoms. The lowest BCUT2D eigenvalue weighted by molar-refractivity contribution is -0.121. The molecule has 1 fully saturated rings. The molecule has 0 atom stereocenters. The second kappa shape index (κ2) is 6.68. The molecule has 0 radical (unpaired) electrons. The van der Waals surface area contributed by atoms with Gasteiger partial charge in [0.1, 0.15) is 0 Å². The molecule has 0 aromatic carbocycles. The minimum atomic E-state index is 0.129. The summed E-state index contributed by atoms with van der Waals surface area (Å²) in [6.45, 7) is 8.20. The summed E-state index contributed by atoms with van der Waals surface area (Å²) in [6.07, 6.45) is 3.82. The highest BCUT2D eigenvalue weighted by molar-refractivity contribution is 7.09. The van der Waals surface area contributed by atoms with E-state index in [4.69, 9.17) is 0 Å². The summed E-state index contributed by atoms with van der Waals surface area (Å²) in [5.74, 6) is 0.193. The first-order valence-corrected chi connectivity index (χ1v) is 8.28. The lowest BCUT2D eigenvalue weighted by atomic mass is 9.98. The Bertz CT molecular complexity index is 446. The maximum absolute atomic E-state index is 11.5. The summed E-state index contributed by atoms with van der Waals surface area (Å²) in [4.78, 5) is 16.1. The van der Waals surface area contributed by atoms with E-state index in [2.05, 4.69) is 41.8 Å². The van der Waals surface area contributed by atoms with Gasteiger partial charge in [0.2, 0.25) is 5.91 Å². The van der Waals surface area contributed by atoms with Crippen molar-refractivity contribution in [3.63, 3.8) is 0 Å². The van der Waals surface area contributed by atoms with Gasteiger partial charge < -0.3 is 10.6 Å². The standard InChI is InChI=1S/C15H25N3OS/c1-15(2,3)14-18-12(10-20-14)9-16-8-4-5-13(19)17-11-6-7-11/h10-11,16H,4-9H2,1-3H3,(H,17,19). The molecule has 112 valence electrons. The molecule has 0 spiro atoms. The molecule has 1 aromatic rings. The molecule has 1 heterocycles. The number of nitrogens with one attached hydrogen (secondary N) is 2. The van der Waals surface area contributed by atoms with E-state index in [1.807, 2.05) is 0 Å². The van der Waals surface area contributed by atoms with Gasteiger partial charge in [0.05, 0.1) is 10.7 Å². The Labute approximate surface area is 125 Å². The number of nitrogens with zero attached hydrogens (tertiary/aromatic N) is 1. The predicted octanol–water partition coefficient (Wildman–Crippen LogP) is 2.59. The van der Waals surface area contributed by atoms with Crippen molar-refractivity contribution in [1.82, 2.24) is 15.6 Å². The van der Waals surface area contributed by atoms with E-state index in [1.165, 1.54) is 5.01 Å². The summed E-state index contributed by atoms with van der Waals surface area (Å²) in [5.41, 5.74) is 1.23. The van der Waals surface area contributed by atoms with Crippen LogP contribution in [0.3, 0.4) is 0 Å². The van der Waals surface area contributed by atoms with Gasteiger partial charge in [-0.1, -0.05) is 20.8 Å². The van der Waals surface area contributed by atoms with Gasteiger partial charge >= 0.3 is 0 Å². The number of rotatable bonds is 7. The fourth-order valence-electron chi connectivity index (χ4n) is 1.85. The quantitative estimate of drug-likeness (QED) is 0.760. The van der Waals surface area contributed by atoms with Gasteiger partial charge in [-0.15, -0.1) is 11.3 Å². The Balaban J connectivity index is 1.58. The first-order valence-electron chi connectivity index (χ1n) is 7.40. The Morgan fingerprint density at radius 1 is 1.45 bits per heavy atom. The van der Waals surface area contributed by atoms with Crippen LogP contribution in [-0.2, 0) is 16.8 Å². The van der Waals surface area contributed by atoms with Crippen molar-refractivity contribution >= 4 is 17.2 Å². The highest BCUT2D eigenvalue weighted by Crippen LogP contribution is 2.25. The summed E-state index contributed by atoms with van der Waals surface area (Å²) in [5, 5.41) is 9.66. The third kappa shape index (κ3) is 5.21. The van der Waals surface area contributed by atoms with Crippen LogP contribution < -0.4 is 10.6 Å². The number of amides is 1. The van der Waals surface area contributed by atoms with Crippen molar-refractivity contribution in [3.05, 3.63) is 16.1 Å². The third-order valence-electron chi connectivity index (χ3n) is 3.20. The topological polar surface area (TPSA) is 54.0 Å².